The molecule has 0 amide bonds. The van der Waals surface area contributed by atoms with Crippen molar-refractivity contribution in [2.45, 2.75) is 50.5 Å². The van der Waals surface area contributed by atoms with E-state index in [2.05, 4.69) is 16.7 Å². The van der Waals surface area contributed by atoms with E-state index < -0.39 is 0 Å². The van der Waals surface area contributed by atoms with Crippen molar-refractivity contribution in [1.82, 2.24) is 9.80 Å². The maximum absolute atomic E-state index is 6.10. The predicted octanol–water partition coefficient (Wildman–Crippen LogP) is 0.883. The monoisotopic (exact) mass is 285 g/mol. The van der Waals surface area contributed by atoms with E-state index in [-0.39, 0.29) is 11.8 Å². The van der Waals surface area contributed by atoms with Crippen molar-refractivity contribution in [3.63, 3.8) is 0 Å². The molecule has 20 heavy (non-hydrogen) atoms. The fourth-order valence-electron chi connectivity index (χ4n) is 3.61. The Morgan fingerprint density at radius 2 is 1.95 bits per heavy atom. The van der Waals surface area contributed by atoms with Crippen LogP contribution in [0.2, 0.25) is 0 Å². The highest BCUT2D eigenvalue weighted by Gasteiger charge is 2.39. The summed E-state index contributed by atoms with van der Waals surface area (Å²) in [7, 11) is 3.40. The number of fused-ring (bicyclic) bond motifs is 1. The van der Waals surface area contributed by atoms with Gasteiger partial charge in [0.05, 0.1) is 0 Å². The van der Waals surface area contributed by atoms with Crippen LogP contribution in [0.5, 0.6) is 0 Å². The molecule has 5 nitrogen and oxygen atoms in total. The summed E-state index contributed by atoms with van der Waals surface area (Å²) in [5.74, 6) is 0. The molecule has 2 heterocycles. The Hall–Kier alpha value is -0.200. The number of hydrogen-bond donors (Lipinski definition) is 1. The van der Waals surface area contributed by atoms with Crippen molar-refractivity contribution < 1.29 is 9.47 Å². The van der Waals surface area contributed by atoms with Crippen LogP contribution in [0.4, 0.5) is 0 Å². The van der Waals surface area contributed by atoms with Crippen LogP contribution in [0.25, 0.3) is 0 Å². The van der Waals surface area contributed by atoms with Crippen LogP contribution in [0.15, 0.2) is 0 Å². The molecule has 0 radical (unpaired) electrons. The van der Waals surface area contributed by atoms with Gasteiger partial charge in [-0.2, -0.15) is 0 Å². The molecule has 0 saturated carbocycles. The topological polar surface area (TPSA) is 51.0 Å². The Morgan fingerprint density at radius 3 is 2.60 bits per heavy atom. The van der Waals surface area contributed by atoms with Gasteiger partial charge >= 0.3 is 0 Å². The van der Waals surface area contributed by atoms with E-state index in [9.17, 15) is 0 Å². The minimum absolute atomic E-state index is 0.0414. The van der Waals surface area contributed by atoms with Crippen LogP contribution in [0.1, 0.15) is 32.6 Å². The number of rotatable bonds is 6. The molecule has 2 atom stereocenters. The van der Waals surface area contributed by atoms with Crippen molar-refractivity contribution in [1.29, 1.82) is 0 Å². The summed E-state index contributed by atoms with van der Waals surface area (Å²) in [5, 5.41) is 0. The van der Waals surface area contributed by atoms with Gasteiger partial charge in [-0.25, -0.2) is 0 Å². The van der Waals surface area contributed by atoms with Gasteiger partial charge in [-0.15, -0.1) is 0 Å². The summed E-state index contributed by atoms with van der Waals surface area (Å²) in [6, 6.07) is 0.715. The molecule has 2 aliphatic heterocycles. The van der Waals surface area contributed by atoms with E-state index >= 15 is 0 Å². The molecule has 0 aromatic carbocycles. The second kappa shape index (κ2) is 7.18. The molecule has 5 heteroatoms. The molecular weight excluding hydrogens is 254 g/mol. The molecule has 2 aliphatic rings. The number of nitrogens with zero attached hydrogens (tertiary/aromatic N) is 2. The van der Waals surface area contributed by atoms with Crippen molar-refractivity contribution in [2.75, 3.05) is 46.9 Å². The smallest absolute Gasteiger partial charge is 0.158 e. The Kier molecular flexibility index (Phi) is 5.81. The van der Waals surface area contributed by atoms with E-state index in [4.69, 9.17) is 15.2 Å². The molecule has 0 aromatic rings. The molecule has 2 N–H and O–H groups in total. The molecule has 2 unspecified atom stereocenters. The molecule has 118 valence electrons. The number of piperidine rings is 1. The zero-order valence-corrected chi connectivity index (χ0v) is 13.3. The first kappa shape index (κ1) is 16.2. The molecule has 0 bridgehead atoms. The first-order chi connectivity index (χ1) is 9.62. The number of nitrogens with two attached hydrogens (primary N) is 1. The van der Waals surface area contributed by atoms with Gasteiger partial charge in [-0.05, 0) is 26.3 Å². The van der Waals surface area contributed by atoms with Crippen molar-refractivity contribution in [2.24, 2.45) is 5.73 Å². The third-order valence-corrected chi connectivity index (χ3v) is 5.17. The second-order valence-corrected chi connectivity index (χ2v) is 6.44. The largest absolute Gasteiger partial charge is 0.356 e. The third kappa shape index (κ3) is 3.52. The molecule has 2 saturated heterocycles. The van der Waals surface area contributed by atoms with Gasteiger partial charge in [0.2, 0.25) is 0 Å². The molecule has 2 rings (SSSR count). The van der Waals surface area contributed by atoms with Gasteiger partial charge in [0.1, 0.15) is 0 Å². The summed E-state index contributed by atoms with van der Waals surface area (Å²) in [6.45, 7) is 7.57. The lowest BCUT2D eigenvalue weighted by molar-refractivity contribution is -0.134. The van der Waals surface area contributed by atoms with E-state index in [1.165, 1.54) is 32.4 Å². The number of hydrogen-bond acceptors (Lipinski definition) is 5. The molecule has 0 aliphatic carbocycles. The fourth-order valence-corrected chi connectivity index (χ4v) is 3.61. The van der Waals surface area contributed by atoms with E-state index in [0.29, 0.717) is 12.6 Å². The minimum atomic E-state index is -0.173. The van der Waals surface area contributed by atoms with Crippen molar-refractivity contribution in [3.8, 4) is 0 Å². The SMILES string of the molecule is COC(CC(C)(CN)N1CCN2CCCCC2C1)OC. The lowest BCUT2D eigenvalue weighted by atomic mass is 9.91. The first-order valence-corrected chi connectivity index (χ1v) is 7.87. The van der Waals surface area contributed by atoms with Gasteiger partial charge in [0.25, 0.3) is 0 Å². The van der Waals surface area contributed by atoms with E-state index in [1.54, 1.807) is 14.2 Å². The summed E-state index contributed by atoms with van der Waals surface area (Å²) >= 11 is 0. The number of methoxy groups -OCH3 is 2. The summed E-state index contributed by atoms with van der Waals surface area (Å²) in [4.78, 5) is 5.21. The van der Waals surface area contributed by atoms with E-state index in [0.717, 1.165) is 19.5 Å². The minimum Gasteiger partial charge on any atom is -0.356 e. The Bertz CT molecular complexity index is 299. The average molecular weight is 285 g/mol. The quantitative estimate of drug-likeness (QED) is 0.734. The molecular formula is C15H31N3O2. The second-order valence-electron chi connectivity index (χ2n) is 6.44. The molecule has 0 aromatic heterocycles. The van der Waals surface area contributed by atoms with Crippen LogP contribution in [-0.4, -0.2) is 74.6 Å². The maximum Gasteiger partial charge on any atom is 0.158 e. The van der Waals surface area contributed by atoms with Crippen LogP contribution < -0.4 is 5.73 Å². The van der Waals surface area contributed by atoms with Crippen molar-refractivity contribution >= 4 is 0 Å². The normalized spacial score (nSPS) is 28.4. The average Bonchev–Trinajstić information content (AvgIpc) is 2.51. The third-order valence-electron chi connectivity index (χ3n) is 5.17. The highest BCUT2D eigenvalue weighted by atomic mass is 16.7. The van der Waals surface area contributed by atoms with Crippen LogP contribution in [-0.2, 0) is 9.47 Å². The zero-order valence-electron chi connectivity index (χ0n) is 13.3. The van der Waals surface area contributed by atoms with Crippen LogP contribution >= 0.6 is 0 Å². The Labute approximate surface area is 123 Å². The number of piperazine rings is 1. The Balaban J connectivity index is 1.99. The fraction of sp³-hybridized carbons (Fsp3) is 1.00. The summed E-state index contributed by atoms with van der Waals surface area (Å²) in [6.07, 6.45) is 4.71. The summed E-state index contributed by atoms with van der Waals surface area (Å²) < 4.78 is 10.8. The van der Waals surface area contributed by atoms with E-state index in [1.807, 2.05) is 0 Å². The molecule has 2 fully saturated rings. The van der Waals surface area contributed by atoms with Crippen LogP contribution in [0, 0.1) is 0 Å². The first-order valence-electron chi connectivity index (χ1n) is 7.87. The zero-order chi connectivity index (χ0) is 14.6. The standard InChI is InChI=1S/C15H31N3O2/c1-15(12-16,10-14(19-2)20-3)18-9-8-17-7-5-4-6-13(17)11-18/h13-14H,4-12,16H2,1-3H3. The lowest BCUT2D eigenvalue weighted by Gasteiger charge is -2.51. The van der Waals surface area contributed by atoms with Gasteiger partial charge in [0, 0.05) is 58.4 Å². The van der Waals surface area contributed by atoms with Crippen molar-refractivity contribution in [3.05, 3.63) is 0 Å². The summed E-state index contributed by atoms with van der Waals surface area (Å²) in [5.41, 5.74) is 6.06. The number of ether oxygens (including phenoxy) is 2. The predicted molar refractivity (Wildman–Crippen MR) is 80.7 cm³/mol. The van der Waals surface area contributed by atoms with Gasteiger partial charge in [-0.3, -0.25) is 9.80 Å². The van der Waals surface area contributed by atoms with Crippen LogP contribution in [0.3, 0.4) is 0 Å². The maximum atomic E-state index is 6.10. The van der Waals surface area contributed by atoms with Gasteiger partial charge < -0.3 is 15.2 Å². The highest BCUT2D eigenvalue weighted by Crippen LogP contribution is 2.28. The Morgan fingerprint density at radius 1 is 1.20 bits per heavy atom. The van der Waals surface area contributed by atoms with Gasteiger partial charge in [0.15, 0.2) is 6.29 Å². The highest BCUT2D eigenvalue weighted by molar-refractivity contribution is 4.95. The van der Waals surface area contributed by atoms with Gasteiger partial charge in [-0.1, -0.05) is 6.42 Å². The molecule has 0 spiro atoms. The lowest BCUT2D eigenvalue weighted by Crippen LogP contribution is -2.63.